The Kier molecular flexibility index (Phi) is 2.77. The van der Waals surface area contributed by atoms with Crippen LogP contribution in [0.2, 0.25) is 0 Å². The van der Waals surface area contributed by atoms with Crippen molar-refractivity contribution in [3.8, 4) is 0 Å². The zero-order valence-corrected chi connectivity index (χ0v) is 10.3. The largest absolute Gasteiger partial charge is 0.370 e. The minimum atomic E-state index is -0.524. The summed E-state index contributed by atoms with van der Waals surface area (Å²) < 4.78 is 6.23. The van der Waals surface area contributed by atoms with Gasteiger partial charge in [-0.2, -0.15) is 11.3 Å². The Morgan fingerprint density at radius 2 is 2.29 bits per heavy atom. The van der Waals surface area contributed by atoms with Gasteiger partial charge in [-0.1, -0.05) is 0 Å². The van der Waals surface area contributed by atoms with Crippen LogP contribution in [0.1, 0.15) is 29.6 Å². The van der Waals surface area contributed by atoms with Crippen LogP contribution in [0.4, 0.5) is 0 Å². The molecule has 0 aliphatic heterocycles. The molecule has 1 aliphatic carbocycles. The van der Waals surface area contributed by atoms with E-state index in [2.05, 4.69) is 15.9 Å². The first-order valence-corrected chi connectivity index (χ1v) is 6.25. The fourth-order valence-corrected chi connectivity index (χ4v) is 3.17. The summed E-state index contributed by atoms with van der Waals surface area (Å²) in [6.07, 6.45) is 2.79. The normalized spacial score (nSPS) is 19.0. The van der Waals surface area contributed by atoms with E-state index in [0.717, 1.165) is 29.3 Å². The minimum Gasteiger partial charge on any atom is -0.370 e. The van der Waals surface area contributed by atoms with Crippen LogP contribution in [0.15, 0.2) is 15.2 Å². The highest BCUT2D eigenvalue weighted by molar-refractivity contribution is 9.10. The zero-order chi connectivity index (χ0) is 10.2. The number of ketones is 1. The SMILES string of the molecule is COC1(C(=O)c2cscc2Br)CCC1. The van der Waals surface area contributed by atoms with Gasteiger partial charge in [0.1, 0.15) is 5.60 Å². The molecule has 1 fully saturated rings. The Morgan fingerprint density at radius 3 is 2.64 bits per heavy atom. The van der Waals surface area contributed by atoms with Crippen molar-refractivity contribution >= 4 is 33.0 Å². The summed E-state index contributed by atoms with van der Waals surface area (Å²) in [5.74, 6) is 0.124. The van der Waals surface area contributed by atoms with Gasteiger partial charge in [0.05, 0.1) is 0 Å². The average Bonchev–Trinajstić information content (AvgIpc) is 2.50. The zero-order valence-electron chi connectivity index (χ0n) is 7.88. The van der Waals surface area contributed by atoms with E-state index in [9.17, 15) is 4.79 Å². The summed E-state index contributed by atoms with van der Waals surface area (Å²) in [6.45, 7) is 0. The van der Waals surface area contributed by atoms with E-state index >= 15 is 0 Å². The second-order valence-corrected chi connectivity index (χ2v) is 5.11. The van der Waals surface area contributed by atoms with Gasteiger partial charge in [0.2, 0.25) is 0 Å². The van der Waals surface area contributed by atoms with Crippen molar-refractivity contribution in [2.24, 2.45) is 0 Å². The van der Waals surface area contributed by atoms with Crippen LogP contribution < -0.4 is 0 Å². The lowest BCUT2D eigenvalue weighted by atomic mass is 9.75. The van der Waals surface area contributed by atoms with E-state index in [4.69, 9.17) is 4.74 Å². The van der Waals surface area contributed by atoms with Gasteiger partial charge in [-0.15, -0.1) is 0 Å². The molecule has 0 N–H and O–H groups in total. The first-order chi connectivity index (χ1) is 6.69. The van der Waals surface area contributed by atoms with Gasteiger partial charge in [0, 0.05) is 27.9 Å². The quantitative estimate of drug-likeness (QED) is 0.791. The molecule has 1 aromatic rings. The van der Waals surface area contributed by atoms with Crippen molar-refractivity contribution in [2.75, 3.05) is 7.11 Å². The van der Waals surface area contributed by atoms with Gasteiger partial charge < -0.3 is 4.74 Å². The van der Waals surface area contributed by atoms with E-state index < -0.39 is 5.60 Å². The molecule has 0 spiro atoms. The minimum absolute atomic E-state index is 0.124. The molecule has 0 radical (unpaired) electrons. The molecule has 4 heteroatoms. The third-order valence-electron chi connectivity index (χ3n) is 2.83. The van der Waals surface area contributed by atoms with Crippen LogP contribution in [0.5, 0.6) is 0 Å². The Morgan fingerprint density at radius 1 is 1.57 bits per heavy atom. The van der Waals surface area contributed by atoms with E-state index in [1.54, 1.807) is 7.11 Å². The molecule has 1 aliphatic rings. The van der Waals surface area contributed by atoms with Crippen LogP contribution in [-0.4, -0.2) is 18.5 Å². The summed E-state index contributed by atoms with van der Waals surface area (Å²) >= 11 is 4.91. The highest BCUT2D eigenvalue weighted by Crippen LogP contribution is 2.39. The number of carbonyl (C=O) groups is 1. The average molecular weight is 275 g/mol. The third kappa shape index (κ3) is 1.45. The molecule has 1 heterocycles. The molecule has 76 valence electrons. The second kappa shape index (κ2) is 3.76. The number of hydrogen-bond acceptors (Lipinski definition) is 3. The summed E-state index contributed by atoms with van der Waals surface area (Å²) in [4.78, 5) is 12.1. The van der Waals surface area contributed by atoms with Crippen molar-refractivity contribution in [3.63, 3.8) is 0 Å². The highest BCUT2D eigenvalue weighted by Gasteiger charge is 2.45. The molecule has 1 aromatic heterocycles. The number of thiophene rings is 1. The lowest BCUT2D eigenvalue weighted by Gasteiger charge is -2.38. The Bertz CT molecular complexity index is 349. The number of rotatable bonds is 3. The van der Waals surface area contributed by atoms with Crippen molar-refractivity contribution in [2.45, 2.75) is 24.9 Å². The fourth-order valence-electron chi connectivity index (χ4n) is 1.71. The van der Waals surface area contributed by atoms with Gasteiger partial charge in [0.15, 0.2) is 5.78 Å². The fraction of sp³-hybridized carbons (Fsp3) is 0.500. The number of methoxy groups -OCH3 is 1. The van der Waals surface area contributed by atoms with Crippen LogP contribution in [0.25, 0.3) is 0 Å². The number of Topliss-reactive ketones (excluding diaryl/α,β-unsaturated/α-hetero) is 1. The summed E-state index contributed by atoms with van der Waals surface area (Å²) in [6, 6.07) is 0. The Labute approximate surface area is 95.4 Å². The van der Waals surface area contributed by atoms with Crippen LogP contribution >= 0.6 is 27.3 Å². The lowest BCUT2D eigenvalue weighted by molar-refractivity contribution is -0.0448. The van der Waals surface area contributed by atoms with Crippen molar-refractivity contribution < 1.29 is 9.53 Å². The van der Waals surface area contributed by atoms with Gasteiger partial charge in [0.25, 0.3) is 0 Å². The van der Waals surface area contributed by atoms with E-state index in [1.165, 1.54) is 11.3 Å². The van der Waals surface area contributed by atoms with Crippen LogP contribution in [0.3, 0.4) is 0 Å². The molecule has 0 unspecified atom stereocenters. The lowest BCUT2D eigenvalue weighted by Crippen LogP contribution is -2.47. The Balaban J connectivity index is 2.27. The van der Waals surface area contributed by atoms with Crippen molar-refractivity contribution in [3.05, 3.63) is 20.8 Å². The first-order valence-electron chi connectivity index (χ1n) is 4.51. The molecular weight excluding hydrogens is 264 g/mol. The Hall–Kier alpha value is -0.190. The molecule has 2 nitrogen and oxygen atoms in total. The molecule has 14 heavy (non-hydrogen) atoms. The standard InChI is InChI=1S/C10H11BrO2S/c1-13-10(3-2-4-10)9(12)7-5-14-6-8(7)11/h5-6H,2-4H2,1H3. The number of hydrogen-bond donors (Lipinski definition) is 0. The number of carbonyl (C=O) groups excluding carboxylic acids is 1. The van der Waals surface area contributed by atoms with Crippen molar-refractivity contribution in [1.82, 2.24) is 0 Å². The molecule has 0 bridgehead atoms. The van der Waals surface area contributed by atoms with Gasteiger partial charge in [-0.05, 0) is 35.2 Å². The summed E-state index contributed by atoms with van der Waals surface area (Å²) in [5.41, 5.74) is 0.236. The maximum Gasteiger partial charge on any atom is 0.196 e. The van der Waals surface area contributed by atoms with Crippen LogP contribution in [0, 0.1) is 0 Å². The van der Waals surface area contributed by atoms with Gasteiger partial charge in [-0.25, -0.2) is 0 Å². The van der Waals surface area contributed by atoms with E-state index in [1.807, 2.05) is 10.8 Å². The molecule has 2 rings (SSSR count). The second-order valence-electron chi connectivity index (χ2n) is 3.51. The third-order valence-corrected chi connectivity index (χ3v) is 4.53. The maximum atomic E-state index is 12.1. The van der Waals surface area contributed by atoms with Crippen molar-refractivity contribution in [1.29, 1.82) is 0 Å². The monoisotopic (exact) mass is 274 g/mol. The molecule has 0 saturated heterocycles. The predicted octanol–water partition coefficient (Wildman–Crippen LogP) is 3.26. The molecule has 0 atom stereocenters. The highest BCUT2D eigenvalue weighted by atomic mass is 79.9. The van der Waals surface area contributed by atoms with Crippen LogP contribution in [-0.2, 0) is 4.74 Å². The van der Waals surface area contributed by atoms with E-state index in [0.29, 0.717) is 0 Å². The number of halogens is 1. The summed E-state index contributed by atoms with van der Waals surface area (Å²) in [5, 5.41) is 3.81. The molecule has 0 aromatic carbocycles. The molecular formula is C10H11BrO2S. The topological polar surface area (TPSA) is 26.3 Å². The molecule has 1 saturated carbocycles. The van der Waals surface area contributed by atoms with Gasteiger partial charge in [-0.3, -0.25) is 4.79 Å². The number of ether oxygens (including phenoxy) is 1. The first kappa shape index (κ1) is 10.3. The van der Waals surface area contributed by atoms with Gasteiger partial charge >= 0.3 is 0 Å². The summed E-state index contributed by atoms with van der Waals surface area (Å²) in [7, 11) is 1.62. The maximum absolute atomic E-state index is 12.1. The van der Waals surface area contributed by atoms with E-state index in [-0.39, 0.29) is 5.78 Å². The molecule has 0 amide bonds. The smallest absolute Gasteiger partial charge is 0.196 e. The predicted molar refractivity (Wildman–Crippen MR) is 59.9 cm³/mol.